The van der Waals surface area contributed by atoms with Crippen molar-refractivity contribution in [2.24, 2.45) is 5.73 Å². The molecule has 3 aromatic rings. The number of carbonyl (C=O) groups is 2. The van der Waals surface area contributed by atoms with Crippen LogP contribution < -0.4 is 27.3 Å². The molecule has 7 N–H and O–H groups in total. The third kappa shape index (κ3) is 8.61. The lowest BCUT2D eigenvalue weighted by molar-refractivity contribution is -0.164. The molecule has 0 spiro atoms. The van der Waals surface area contributed by atoms with E-state index in [1.54, 1.807) is 48.5 Å². The number of hydrogen-bond donors (Lipinski definition) is 6. The van der Waals surface area contributed by atoms with E-state index in [9.17, 15) is 9.59 Å². The maximum absolute atomic E-state index is 12.2. The first kappa shape index (κ1) is 26.0. The quantitative estimate of drug-likeness (QED) is 0.156. The highest BCUT2D eigenvalue weighted by Crippen LogP contribution is 2.09. The van der Waals surface area contributed by atoms with Gasteiger partial charge in [-0.1, -0.05) is 35.7 Å². The summed E-state index contributed by atoms with van der Waals surface area (Å²) in [4.78, 5) is 28.9. The van der Waals surface area contributed by atoms with Crippen molar-refractivity contribution in [3.05, 3.63) is 95.6 Å². The van der Waals surface area contributed by atoms with Crippen LogP contribution in [0.2, 0.25) is 0 Å². The van der Waals surface area contributed by atoms with Gasteiger partial charge in [0.2, 0.25) is 5.91 Å². The van der Waals surface area contributed by atoms with E-state index in [2.05, 4.69) is 44.5 Å². The third-order valence-corrected chi connectivity index (χ3v) is 4.72. The van der Waals surface area contributed by atoms with Crippen LogP contribution in [0.15, 0.2) is 78.9 Å². The van der Waals surface area contributed by atoms with Crippen molar-refractivity contribution < 1.29 is 19.6 Å². The Morgan fingerprint density at radius 3 is 2.06 bits per heavy atom. The highest BCUT2D eigenvalue weighted by Gasteiger charge is 2.12. The van der Waals surface area contributed by atoms with Crippen LogP contribution >= 0.6 is 0 Å². The monoisotopic (exact) mass is 483 g/mol. The summed E-state index contributed by atoms with van der Waals surface area (Å²) in [7, 11) is 0. The Balaban J connectivity index is 1.49. The zero-order valence-corrected chi connectivity index (χ0v) is 19.2. The van der Waals surface area contributed by atoms with E-state index in [0.29, 0.717) is 16.8 Å². The van der Waals surface area contributed by atoms with Crippen molar-refractivity contribution in [2.45, 2.75) is 6.23 Å². The highest BCUT2D eigenvalue weighted by atomic mass is 16.8. The molecule has 3 rings (SSSR count). The maximum atomic E-state index is 12.2. The second-order valence-corrected chi connectivity index (χ2v) is 7.33. The zero-order valence-electron chi connectivity index (χ0n) is 19.2. The molecular formula is C27H25N5O4. The molecule has 1 atom stereocenters. The average molecular weight is 484 g/mol. The summed E-state index contributed by atoms with van der Waals surface area (Å²) in [5.41, 5.74) is 10.3. The normalized spacial score (nSPS) is 10.6. The first-order chi connectivity index (χ1) is 17.6. The minimum atomic E-state index is -0.876. The van der Waals surface area contributed by atoms with Gasteiger partial charge >= 0.3 is 0 Å². The van der Waals surface area contributed by atoms with Gasteiger partial charge in [-0.2, -0.15) is 0 Å². The van der Waals surface area contributed by atoms with Gasteiger partial charge in [0.25, 0.3) is 5.91 Å². The maximum Gasteiger partial charge on any atom is 0.253 e. The number of benzene rings is 3. The summed E-state index contributed by atoms with van der Waals surface area (Å²) < 4.78 is 0. The Morgan fingerprint density at radius 2 is 1.47 bits per heavy atom. The molecule has 0 aliphatic rings. The summed E-state index contributed by atoms with van der Waals surface area (Å²) in [6.07, 6.45) is -0.876. The van der Waals surface area contributed by atoms with Gasteiger partial charge < -0.3 is 21.7 Å². The average Bonchev–Trinajstić information content (AvgIpc) is 2.91. The first-order valence-electron chi connectivity index (χ1n) is 10.9. The number of para-hydroxylation sites is 1. The van der Waals surface area contributed by atoms with Crippen LogP contribution in [0, 0.1) is 23.7 Å². The Hall–Kier alpha value is -4.64. The molecule has 0 heterocycles. The standard InChI is InChI=1S/C27H25N5O4/c28-18-26(36-32-35)31-27(34)22-14-10-20(11-15-22)6-4-5-7-21-12-16-24(17-13-21)30-25(33)19-29-23-8-2-1-3-9-23/h1-3,8-17,26,29,32,35H,18-19,28H2,(H,30,33)(H,31,34)/t26-/m0/s1. The van der Waals surface area contributed by atoms with E-state index in [0.717, 1.165) is 11.3 Å². The SMILES string of the molecule is NC[C@@H](NC(=O)c1ccc(C#CC#Cc2ccc(NC(=O)CNc3ccccc3)cc2)cc1)ONO. The molecule has 3 aromatic carbocycles. The number of carbonyl (C=O) groups excluding carboxylic acids is 2. The van der Waals surface area contributed by atoms with Crippen LogP contribution in [-0.4, -0.2) is 36.3 Å². The number of anilines is 2. The fourth-order valence-corrected chi connectivity index (χ4v) is 2.92. The Kier molecular flexibility index (Phi) is 10.0. The van der Waals surface area contributed by atoms with Crippen molar-refractivity contribution in [3.8, 4) is 23.7 Å². The first-order valence-corrected chi connectivity index (χ1v) is 10.9. The lowest BCUT2D eigenvalue weighted by Crippen LogP contribution is -2.44. The second-order valence-electron chi connectivity index (χ2n) is 7.33. The van der Waals surface area contributed by atoms with Crippen molar-refractivity contribution >= 4 is 23.2 Å². The molecule has 2 amide bonds. The summed E-state index contributed by atoms with van der Waals surface area (Å²) in [6, 6.07) is 23.2. The summed E-state index contributed by atoms with van der Waals surface area (Å²) in [5, 5.41) is 16.9. The molecule has 0 aliphatic carbocycles. The van der Waals surface area contributed by atoms with Gasteiger partial charge in [0.1, 0.15) is 0 Å². The third-order valence-electron chi connectivity index (χ3n) is 4.72. The largest absolute Gasteiger partial charge is 0.376 e. The minimum absolute atomic E-state index is 0.0227. The van der Waals surface area contributed by atoms with Gasteiger partial charge in [0.05, 0.1) is 6.54 Å². The van der Waals surface area contributed by atoms with Crippen molar-refractivity contribution in [1.29, 1.82) is 0 Å². The number of rotatable bonds is 9. The van der Waals surface area contributed by atoms with E-state index >= 15 is 0 Å². The van der Waals surface area contributed by atoms with Crippen molar-refractivity contribution in [2.75, 3.05) is 23.7 Å². The van der Waals surface area contributed by atoms with Gasteiger partial charge in [-0.25, -0.2) is 0 Å². The fourth-order valence-electron chi connectivity index (χ4n) is 2.92. The molecule has 0 unspecified atom stereocenters. The minimum Gasteiger partial charge on any atom is -0.376 e. The molecule has 0 saturated heterocycles. The molecule has 0 saturated carbocycles. The summed E-state index contributed by atoms with van der Waals surface area (Å²) in [5.74, 6) is 10.9. The van der Waals surface area contributed by atoms with E-state index < -0.39 is 12.1 Å². The molecule has 0 fully saturated rings. The fraction of sp³-hybridized carbons (Fsp3) is 0.111. The van der Waals surface area contributed by atoms with Gasteiger partial charge in [-0.15, -0.1) is 0 Å². The smallest absolute Gasteiger partial charge is 0.253 e. The second kappa shape index (κ2) is 13.9. The number of nitrogens with two attached hydrogens (primary N) is 1. The molecule has 9 heteroatoms. The summed E-state index contributed by atoms with van der Waals surface area (Å²) in [6.45, 7) is 0.141. The van der Waals surface area contributed by atoms with E-state index in [1.165, 1.54) is 5.64 Å². The molecule has 0 bridgehead atoms. The molecule has 0 aromatic heterocycles. The van der Waals surface area contributed by atoms with Crippen LogP contribution in [0.5, 0.6) is 0 Å². The Bertz CT molecular complexity index is 1270. The van der Waals surface area contributed by atoms with Crippen LogP contribution in [0.3, 0.4) is 0 Å². The van der Waals surface area contributed by atoms with Crippen molar-refractivity contribution in [3.63, 3.8) is 0 Å². The van der Waals surface area contributed by atoms with Gasteiger partial charge in [-0.05, 0) is 72.5 Å². The lowest BCUT2D eigenvalue weighted by atomic mass is 10.1. The number of nitrogens with one attached hydrogen (secondary N) is 4. The predicted octanol–water partition coefficient (Wildman–Crippen LogP) is 2.07. The predicted molar refractivity (Wildman–Crippen MR) is 137 cm³/mol. The lowest BCUT2D eigenvalue weighted by Gasteiger charge is -2.15. The molecule has 36 heavy (non-hydrogen) atoms. The Labute approximate surface area is 209 Å². The molecule has 0 aliphatic heterocycles. The molecule has 182 valence electrons. The topological polar surface area (TPSA) is 138 Å². The van der Waals surface area contributed by atoms with Gasteiger partial charge in [-0.3, -0.25) is 19.6 Å². The van der Waals surface area contributed by atoms with E-state index in [4.69, 9.17) is 10.9 Å². The number of hydrogen-bond acceptors (Lipinski definition) is 7. The highest BCUT2D eigenvalue weighted by molar-refractivity contribution is 5.94. The van der Waals surface area contributed by atoms with Gasteiger partial charge in [0, 0.05) is 34.6 Å². The number of amides is 2. The van der Waals surface area contributed by atoms with Crippen LogP contribution in [0.4, 0.5) is 11.4 Å². The Morgan fingerprint density at radius 1 is 0.861 bits per heavy atom. The molecular weight excluding hydrogens is 458 g/mol. The molecule has 0 radical (unpaired) electrons. The van der Waals surface area contributed by atoms with Crippen LogP contribution in [0.1, 0.15) is 21.5 Å². The summed E-state index contributed by atoms with van der Waals surface area (Å²) >= 11 is 0. The van der Waals surface area contributed by atoms with Crippen LogP contribution in [-0.2, 0) is 9.63 Å². The zero-order chi connectivity index (χ0) is 25.6. The van der Waals surface area contributed by atoms with Crippen LogP contribution in [0.25, 0.3) is 0 Å². The van der Waals surface area contributed by atoms with E-state index in [1.807, 2.05) is 30.3 Å². The van der Waals surface area contributed by atoms with Gasteiger partial charge in [0.15, 0.2) is 6.23 Å². The van der Waals surface area contributed by atoms with Crippen molar-refractivity contribution in [1.82, 2.24) is 11.0 Å². The van der Waals surface area contributed by atoms with E-state index in [-0.39, 0.29) is 19.0 Å². The molecule has 9 nitrogen and oxygen atoms in total.